The molecule has 0 aromatic heterocycles. The molecule has 0 bridgehead atoms. The van der Waals surface area contributed by atoms with E-state index in [1.165, 1.54) is 5.56 Å². The lowest BCUT2D eigenvalue weighted by molar-refractivity contribution is 0.414. The highest BCUT2D eigenvalue weighted by Crippen LogP contribution is 2.24. The van der Waals surface area contributed by atoms with Crippen LogP contribution >= 0.6 is 0 Å². The molecule has 0 aliphatic heterocycles. The highest BCUT2D eigenvalue weighted by molar-refractivity contribution is 5.29. The molecule has 0 fully saturated rings. The lowest BCUT2D eigenvalue weighted by atomic mass is 9.90. The van der Waals surface area contributed by atoms with Gasteiger partial charge in [-0.2, -0.15) is 0 Å². The Labute approximate surface area is 80.7 Å². The highest BCUT2D eigenvalue weighted by Gasteiger charge is 2.08. The number of ether oxygens (including phenoxy) is 1. The topological polar surface area (TPSA) is 9.23 Å². The van der Waals surface area contributed by atoms with Gasteiger partial charge in [0.25, 0.3) is 0 Å². The van der Waals surface area contributed by atoms with E-state index in [1.807, 2.05) is 12.1 Å². The number of benzene rings is 1. The van der Waals surface area contributed by atoms with Gasteiger partial charge in [0.15, 0.2) is 0 Å². The maximum Gasteiger partial charge on any atom is 0.118 e. The average molecular weight is 178 g/mol. The van der Waals surface area contributed by atoms with E-state index in [2.05, 4.69) is 32.9 Å². The number of hydrogen-bond donors (Lipinski definition) is 0. The number of rotatable bonds is 3. The molecule has 0 amide bonds. The molecule has 0 aliphatic rings. The average Bonchev–Trinajstić information content (AvgIpc) is 2.17. The summed E-state index contributed by atoms with van der Waals surface area (Å²) in [5.74, 6) is 2.24. The van der Waals surface area contributed by atoms with Crippen LogP contribution in [-0.4, -0.2) is 7.11 Å². The Morgan fingerprint density at radius 2 is 1.54 bits per heavy atom. The van der Waals surface area contributed by atoms with Crippen molar-refractivity contribution >= 4 is 0 Å². The summed E-state index contributed by atoms with van der Waals surface area (Å²) in [6, 6.07) is 8.33. The Morgan fingerprint density at radius 1 is 1.00 bits per heavy atom. The third kappa shape index (κ3) is 2.48. The van der Waals surface area contributed by atoms with Gasteiger partial charge in [-0.05, 0) is 29.5 Å². The van der Waals surface area contributed by atoms with Crippen LogP contribution in [0.5, 0.6) is 5.75 Å². The molecule has 1 nitrogen and oxygen atoms in total. The van der Waals surface area contributed by atoms with Crippen molar-refractivity contribution in [3.8, 4) is 5.75 Å². The molecule has 0 unspecified atom stereocenters. The quantitative estimate of drug-likeness (QED) is 0.688. The van der Waals surface area contributed by atoms with Gasteiger partial charge < -0.3 is 4.74 Å². The standard InChI is InChI=1S/C12H18O/c1-9(2)10(3)11-5-7-12(13-4)8-6-11/h5-10H,1-4H3/t10-/m0/s1. The van der Waals surface area contributed by atoms with Crippen molar-refractivity contribution in [3.05, 3.63) is 29.8 Å². The Balaban J connectivity index is 2.79. The fraction of sp³-hybridized carbons (Fsp3) is 0.500. The first-order valence-electron chi connectivity index (χ1n) is 4.79. The van der Waals surface area contributed by atoms with E-state index in [9.17, 15) is 0 Å². The Morgan fingerprint density at radius 3 is 1.92 bits per heavy atom. The molecule has 72 valence electrons. The Hall–Kier alpha value is -0.980. The second kappa shape index (κ2) is 4.31. The summed E-state index contributed by atoms with van der Waals surface area (Å²) < 4.78 is 5.11. The number of hydrogen-bond acceptors (Lipinski definition) is 1. The highest BCUT2D eigenvalue weighted by atomic mass is 16.5. The van der Waals surface area contributed by atoms with E-state index in [-0.39, 0.29) is 0 Å². The zero-order valence-electron chi connectivity index (χ0n) is 8.87. The van der Waals surface area contributed by atoms with Gasteiger partial charge in [-0.1, -0.05) is 32.9 Å². The Bertz CT molecular complexity index is 248. The van der Waals surface area contributed by atoms with E-state index in [0.29, 0.717) is 11.8 Å². The molecule has 0 saturated heterocycles. The largest absolute Gasteiger partial charge is 0.497 e. The molecule has 1 atom stereocenters. The first-order chi connectivity index (χ1) is 6.15. The number of methoxy groups -OCH3 is 1. The van der Waals surface area contributed by atoms with Gasteiger partial charge in [0.05, 0.1) is 7.11 Å². The predicted molar refractivity (Wildman–Crippen MR) is 56.2 cm³/mol. The lowest BCUT2D eigenvalue weighted by Gasteiger charge is -2.15. The zero-order valence-corrected chi connectivity index (χ0v) is 8.87. The molecule has 0 aliphatic carbocycles. The van der Waals surface area contributed by atoms with Crippen LogP contribution < -0.4 is 4.74 Å². The summed E-state index contributed by atoms with van der Waals surface area (Å²) in [6.07, 6.45) is 0. The van der Waals surface area contributed by atoms with Crippen LogP contribution in [0.2, 0.25) is 0 Å². The minimum absolute atomic E-state index is 0.617. The van der Waals surface area contributed by atoms with Gasteiger partial charge in [0, 0.05) is 0 Å². The van der Waals surface area contributed by atoms with Crippen molar-refractivity contribution in [2.45, 2.75) is 26.7 Å². The van der Waals surface area contributed by atoms with Crippen molar-refractivity contribution < 1.29 is 4.74 Å². The van der Waals surface area contributed by atoms with Crippen molar-refractivity contribution in [2.24, 2.45) is 5.92 Å². The van der Waals surface area contributed by atoms with E-state index in [4.69, 9.17) is 4.74 Å². The fourth-order valence-electron chi connectivity index (χ4n) is 1.29. The maximum absolute atomic E-state index is 5.11. The molecule has 0 N–H and O–H groups in total. The second-order valence-corrected chi connectivity index (χ2v) is 3.81. The van der Waals surface area contributed by atoms with Crippen LogP contribution in [-0.2, 0) is 0 Å². The summed E-state index contributed by atoms with van der Waals surface area (Å²) in [4.78, 5) is 0. The maximum atomic E-state index is 5.11. The normalized spacial score (nSPS) is 13.0. The molecule has 0 heterocycles. The van der Waals surface area contributed by atoms with Crippen molar-refractivity contribution in [1.82, 2.24) is 0 Å². The Kier molecular flexibility index (Phi) is 3.35. The second-order valence-electron chi connectivity index (χ2n) is 3.81. The van der Waals surface area contributed by atoms with Crippen LogP contribution in [0.4, 0.5) is 0 Å². The zero-order chi connectivity index (χ0) is 9.84. The smallest absolute Gasteiger partial charge is 0.118 e. The van der Waals surface area contributed by atoms with E-state index in [0.717, 1.165) is 5.75 Å². The SMILES string of the molecule is COc1ccc([C@@H](C)C(C)C)cc1. The van der Waals surface area contributed by atoms with Gasteiger partial charge in [-0.15, -0.1) is 0 Å². The third-order valence-corrected chi connectivity index (χ3v) is 2.64. The van der Waals surface area contributed by atoms with Crippen LogP contribution in [0.25, 0.3) is 0 Å². The first-order valence-corrected chi connectivity index (χ1v) is 4.79. The summed E-state index contributed by atoms with van der Waals surface area (Å²) >= 11 is 0. The molecule has 1 rings (SSSR count). The molecule has 1 heteroatoms. The molecule has 13 heavy (non-hydrogen) atoms. The van der Waals surface area contributed by atoms with E-state index < -0.39 is 0 Å². The minimum Gasteiger partial charge on any atom is -0.497 e. The molecular formula is C12H18O. The van der Waals surface area contributed by atoms with Crippen molar-refractivity contribution in [3.63, 3.8) is 0 Å². The van der Waals surface area contributed by atoms with Crippen LogP contribution in [0.3, 0.4) is 0 Å². The molecule has 0 radical (unpaired) electrons. The minimum atomic E-state index is 0.617. The molecule has 1 aromatic rings. The monoisotopic (exact) mass is 178 g/mol. The predicted octanol–water partition coefficient (Wildman–Crippen LogP) is 3.45. The lowest BCUT2D eigenvalue weighted by Crippen LogP contribution is -2.01. The summed E-state index contributed by atoms with van der Waals surface area (Å²) in [7, 11) is 1.70. The van der Waals surface area contributed by atoms with Gasteiger partial charge in [0.1, 0.15) is 5.75 Å². The summed E-state index contributed by atoms with van der Waals surface area (Å²) in [5, 5.41) is 0. The van der Waals surface area contributed by atoms with E-state index >= 15 is 0 Å². The van der Waals surface area contributed by atoms with Gasteiger partial charge in [0.2, 0.25) is 0 Å². The summed E-state index contributed by atoms with van der Waals surface area (Å²) in [6.45, 7) is 6.75. The van der Waals surface area contributed by atoms with Gasteiger partial charge in [-0.3, -0.25) is 0 Å². The van der Waals surface area contributed by atoms with Crippen molar-refractivity contribution in [2.75, 3.05) is 7.11 Å². The third-order valence-electron chi connectivity index (χ3n) is 2.64. The van der Waals surface area contributed by atoms with Crippen LogP contribution in [0.15, 0.2) is 24.3 Å². The van der Waals surface area contributed by atoms with E-state index in [1.54, 1.807) is 7.11 Å². The molecular weight excluding hydrogens is 160 g/mol. The van der Waals surface area contributed by atoms with Crippen LogP contribution in [0, 0.1) is 5.92 Å². The fourth-order valence-corrected chi connectivity index (χ4v) is 1.29. The van der Waals surface area contributed by atoms with Crippen LogP contribution in [0.1, 0.15) is 32.3 Å². The molecule has 1 aromatic carbocycles. The summed E-state index contributed by atoms with van der Waals surface area (Å²) in [5.41, 5.74) is 1.39. The molecule has 0 spiro atoms. The van der Waals surface area contributed by atoms with Gasteiger partial charge >= 0.3 is 0 Å². The van der Waals surface area contributed by atoms with Crippen molar-refractivity contribution in [1.29, 1.82) is 0 Å². The first kappa shape index (κ1) is 10.1. The molecule has 0 saturated carbocycles. The van der Waals surface area contributed by atoms with Gasteiger partial charge in [-0.25, -0.2) is 0 Å².